The topological polar surface area (TPSA) is 60.9 Å². The highest BCUT2D eigenvalue weighted by atomic mass is 16.4. The molecule has 2 fully saturated rings. The third-order valence-electron chi connectivity index (χ3n) is 5.13. The third-order valence-corrected chi connectivity index (χ3v) is 5.13. The van der Waals surface area contributed by atoms with E-state index in [4.69, 9.17) is 0 Å². The molecule has 0 aromatic carbocycles. The van der Waals surface area contributed by atoms with Gasteiger partial charge in [0.05, 0.1) is 5.41 Å². The third kappa shape index (κ3) is 2.76. The predicted octanol–water partition coefficient (Wildman–Crippen LogP) is 2.41. The van der Waals surface area contributed by atoms with Crippen LogP contribution in [0.2, 0.25) is 0 Å². The van der Waals surface area contributed by atoms with Crippen LogP contribution in [0.4, 0.5) is 4.79 Å². The molecule has 1 aliphatic carbocycles. The summed E-state index contributed by atoms with van der Waals surface area (Å²) in [6.45, 7) is 4.81. The summed E-state index contributed by atoms with van der Waals surface area (Å²) in [6, 6.07) is 0.293. The van der Waals surface area contributed by atoms with Gasteiger partial charge in [-0.1, -0.05) is 19.8 Å². The largest absolute Gasteiger partial charge is 0.481 e. The zero-order valence-corrected chi connectivity index (χ0v) is 12.8. The SMILES string of the molecule is CC1CCCCC1N(C)C(=O)N1CCC(C)(C(=O)O)C1. The molecule has 0 aromatic rings. The molecule has 0 radical (unpaired) electrons. The van der Waals surface area contributed by atoms with Crippen LogP contribution in [0, 0.1) is 11.3 Å². The highest BCUT2D eigenvalue weighted by molar-refractivity contribution is 5.79. The van der Waals surface area contributed by atoms with Crippen LogP contribution in [0.5, 0.6) is 0 Å². The van der Waals surface area contributed by atoms with E-state index in [0.717, 1.165) is 6.42 Å². The number of hydrogen-bond acceptors (Lipinski definition) is 2. The Morgan fingerprint density at radius 2 is 1.95 bits per heavy atom. The van der Waals surface area contributed by atoms with E-state index in [0.29, 0.717) is 31.5 Å². The molecule has 20 heavy (non-hydrogen) atoms. The second-order valence-corrected chi connectivity index (χ2v) is 6.76. The molecule has 3 atom stereocenters. The van der Waals surface area contributed by atoms with E-state index < -0.39 is 11.4 Å². The maximum atomic E-state index is 12.6. The lowest BCUT2D eigenvalue weighted by atomic mass is 9.85. The van der Waals surface area contributed by atoms with Gasteiger partial charge >= 0.3 is 12.0 Å². The fourth-order valence-corrected chi connectivity index (χ4v) is 3.54. The van der Waals surface area contributed by atoms with Gasteiger partial charge in [-0.2, -0.15) is 0 Å². The first-order valence-corrected chi connectivity index (χ1v) is 7.60. The van der Waals surface area contributed by atoms with E-state index in [9.17, 15) is 14.7 Å². The average Bonchev–Trinajstić information content (AvgIpc) is 2.82. The summed E-state index contributed by atoms with van der Waals surface area (Å²) in [5.74, 6) is -0.271. The molecule has 5 heteroatoms. The van der Waals surface area contributed by atoms with Crippen molar-refractivity contribution in [3.8, 4) is 0 Å². The van der Waals surface area contributed by atoms with E-state index in [1.807, 2.05) is 11.9 Å². The van der Waals surface area contributed by atoms with Gasteiger partial charge in [0.15, 0.2) is 0 Å². The molecule has 2 amide bonds. The van der Waals surface area contributed by atoms with E-state index >= 15 is 0 Å². The van der Waals surface area contributed by atoms with Gasteiger partial charge in [0.2, 0.25) is 0 Å². The number of nitrogens with zero attached hydrogens (tertiary/aromatic N) is 2. The molecular weight excluding hydrogens is 256 g/mol. The zero-order chi connectivity index (χ0) is 14.9. The lowest BCUT2D eigenvalue weighted by molar-refractivity contribution is -0.147. The number of carbonyl (C=O) groups excluding carboxylic acids is 1. The maximum Gasteiger partial charge on any atom is 0.320 e. The highest BCUT2D eigenvalue weighted by Crippen LogP contribution is 2.32. The molecule has 1 saturated heterocycles. The van der Waals surface area contributed by atoms with Crippen molar-refractivity contribution in [2.45, 2.75) is 52.0 Å². The van der Waals surface area contributed by atoms with Crippen molar-refractivity contribution < 1.29 is 14.7 Å². The van der Waals surface area contributed by atoms with Crippen molar-refractivity contribution >= 4 is 12.0 Å². The second kappa shape index (κ2) is 5.62. The lowest BCUT2D eigenvalue weighted by Gasteiger charge is -2.38. The van der Waals surface area contributed by atoms with Gasteiger partial charge in [0, 0.05) is 26.2 Å². The number of hydrogen-bond donors (Lipinski definition) is 1. The summed E-state index contributed by atoms with van der Waals surface area (Å²) in [6.07, 6.45) is 5.21. The summed E-state index contributed by atoms with van der Waals surface area (Å²) >= 11 is 0. The predicted molar refractivity (Wildman–Crippen MR) is 76.5 cm³/mol. The van der Waals surface area contributed by atoms with Crippen molar-refractivity contribution in [3.05, 3.63) is 0 Å². The summed E-state index contributed by atoms with van der Waals surface area (Å²) < 4.78 is 0. The van der Waals surface area contributed by atoms with Crippen LogP contribution in [0.3, 0.4) is 0 Å². The Morgan fingerprint density at radius 1 is 1.30 bits per heavy atom. The normalized spacial score (nSPS) is 34.0. The van der Waals surface area contributed by atoms with E-state index in [-0.39, 0.29) is 6.03 Å². The van der Waals surface area contributed by atoms with Crippen LogP contribution in [-0.2, 0) is 4.79 Å². The molecule has 1 aliphatic heterocycles. The minimum Gasteiger partial charge on any atom is -0.481 e. The zero-order valence-electron chi connectivity index (χ0n) is 12.8. The molecule has 0 aromatic heterocycles. The first-order valence-electron chi connectivity index (χ1n) is 7.60. The van der Waals surface area contributed by atoms with Gasteiger partial charge in [-0.3, -0.25) is 4.79 Å². The molecule has 0 spiro atoms. The molecule has 2 rings (SSSR count). The van der Waals surface area contributed by atoms with Gasteiger partial charge in [-0.15, -0.1) is 0 Å². The first-order chi connectivity index (χ1) is 9.35. The summed E-state index contributed by atoms with van der Waals surface area (Å²) in [4.78, 5) is 27.4. The Kier molecular flexibility index (Phi) is 4.25. The molecule has 114 valence electrons. The molecular formula is C15H26N2O3. The molecule has 0 bridgehead atoms. The number of likely N-dealkylation sites (tertiary alicyclic amines) is 1. The second-order valence-electron chi connectivity index (χ2n) is 6.76. The van der Waals surface area contributed by atoms with Crippen LogP contribution in [-0.4, -0.2) is 53.1 Å². The van der Waals surface area contributed by atoms with Crippen LogP contribution >= 0.6 is 0 Å². The fraction of sp³-hybridized carbons (Fsp3) is 0.867. The van der Waals surface area contributed by atoms with Crippen molar-refractivity contribution in [2.75, 3.05) is 20.1 Å². The van der Waals surface area contributed by atoms with E-state index in [1.54, 1.807) is 11.8 Å². The Balaban J connectivity index is 1.99. The Morgan fingerprint density at radius 3 is 2.50 bits per heavy atom. The first kappa shape index (κ1) is 15.1. The summed E-state index contributed by atoms with van der Waals surface area (Å²) in [5, 5.41) is 9.25. The summed E-state index contributed by atoms with van der Waals surface area (Å²) in [7, 11) is 1.87. The van der Waals surface area contributed by atoms with Crippen molar-refractivity contribution in [2.24, 2.45) is 11.3 Å². The minimum atomic E-state index is -0.804. The molecule has 1 N–H and O–H groups in total. The number of urea groups is 1. The number of carboxylic acids is 1. The lowest BCUT2D eigenvalue weighted by Crippen LogP contribution is -2.49. The van der Waals surface area contributed by atoms with Crippen molar-refractivity contribution in [3.63, 3.8) is 0 Å². The molecule has 2 aliphatic rings. The van der Waals surface area contributed by atoms with Crippen LogP contribution in [0.1, 0.15) is 46.0 Å². The van der Waals surface area contributed by atoms with Crippen molar-refractivity contribution in [1.82, 2.24) is 9.80 Å². The number of aliphatic carboxylic acids is 1. The number of carboxylic acid groups (broad SMARTS) is 1. The molecule has 1 heterocycles. The van der Waals surface area contributed by atoms with Crippen LogP contribution in [0.15, 0.2) is 0 Å². The summed E-state index contributed by atoms with van der Waals surface area (Å²) in [5.41, 5.74) is -0.783. The molecule has 3 unspecified atom stereocenters. The maximum absolute atomic E-state index is 12.6. The van der Waals surface area contributed by atoms with Gasteiger partial charge in [-0.05, 0) is 32.1 Å². The van der Waals surface area contributed by atoms with Gasteiger partial charge < -0.3 is 14.9 Å². The highest BCUT2D eigenvalue weighted by Gasteiger charge is 2.43. The number of rotatable bonds is 2. The monoisotopic (exact) mass is 282 g/mol. The quantitative estimate of drug-likeness (QED) is 0.846. The van der Waals surface area contributed by atoms with Crippen LogP contribution < -0.4 is 0 Å². The van der Waals surface area contributed by atoms with Gasteiger partial charge in [0.25, 0.3) is 0 Å². The number of amides is 2. The van der Waals surface area contributed by atoms with E-state index in [2.05, 4.69) is 6.92 Å². The van der Waals surface area contributed by atoms with Crippen LogP contribution in [0.25, 0.3) is 0 Å². The minimum absolute atomic E-state index is 0.00581. The molecule has 1 saturated carbocycles. The Labute approximate surface area is 120 Å². The van der Waals surface area contributed by atoms with Gasteiger partial charge in [-0.25, -0.2) is 4.79 Å². The molecule has 5 nitrogen and oxygen atoms in total. The van der Waals surface area contributed by atoms with E-state index in [1.165, 1.54) is 19.3 Å². The Bertz CT molecular complexity index is 399. The van der Waals surface area contributed by atoms with Crippen molar-refractivity contribution in [1.29, 1.82) is 0 Å². The fourth-order valence-electron chi connectivity index (χ4n) is 3.54. The Hall–Kier alpha value is -1.26. The number of carbonyl (C=O) groups is 2. The standard InChI is InChI=1S/C15H26N2O3/c1-11-6-4-5-7-12(11)16(3)14(20)17-9-8-15(2,10-17)13(18)19/h11-12H,4-10H2,1-3H3,(H,18,19). The average molecular weight is 282 g/mol. The van der Waals surface area contributed by atoms with Gasteiger partial charge in [0.1, 0.15) is 0 Å². The smallest absolute Gasteiger partial charge is 0.320 e.